The summed E-state index contributed by atoms with van der Waals surface area (Å²) in [7, 11) is 0. The number of carbonyl (C=O) groups is 1. The Morgan fingerprint density at radius 3 is 2.48 bits per heavy atom. The highest BCUT2D eigenvalue weighted by Crippen LogP contribution is 2.24. The summed E-state index contributed by atoms with van der Waals surface area (Å²) in [6.07, 6.45) is 2.52. The highest BCUT2D eigenvalue weighted by Gasteiger charge is 2.21. The lowest BCUT2D eigenvalue weighted by Gasteiger charge is -2.21. The molecule has 1 amide bonds. The van der Waals surface area contributed by atoms with E-state index in [0.717, 1.165) is 30.8 Å². The zero-order valence-electron chi connectivity index (χ0n) is 16.2. The maximum atomic E-state index is 11.9. The first-order chi connectivity index (χ1) is 13.0. The summed E-state index contributed by atoms with van der Waals surface area (Å²) in [5.74, 6) is 0.201. The van der Waals surface area contributed by atoms with Crippen molar-refractivity contribution in [3.05, 3.63) is 59.2 Å². The Labute approximate surface area is 167 Å². The molecule has 0 aliphatic carbocycles. The molecule has 1 aliphatic heterocycles. The molecule has 0 spiro atoms. The molecule has 1 atom stereocenters. The van der Waals surface area contributed by atoms with Crippen LogP contribution in [0.1, 0.15) is 48.9 Å². The van der Waals surface area contributed by atoms with Gasteiger partial charge in [-0.15, -0.1) is 0 Å². The van der Waals surface area contributed by atoms with Crippen molar-refractivity contribution >= 4 is 34.6 Å². The Balaban J connectivity index is 1.62. The van der Waals surface area contributed by atoms with E-state index in [9.17, 15) is 4.79 Å². The number of nitrogens with one attached hydrogen (secondary N) is 2. The van der Waals surface area contributed by atoms with E-state index in [1.54, 1.807) is 0 Å². The first kappa shape index (κ1) is 19.4. The monoisotopic (exact) mass is 381 g/mol. The number of thiocarbonyl (C=S) groups is 1. The maximum Gasteiger partial charge on any atom is 0.227 e. The van der Waals surface area contributed by atoms with Crippen LogP contribution in [0.2, 0.25) is 0 Å². The van der Waals surface area contributed by atoms with Gasteiger partial charge in [0.15, 0.2) is 5.11 Å². The molecule has 0 bridgehead atoms. The minimum absolute atomic E-state index is 0.172. The van der Waals surface area contributed by atoms with Crippen molar-refractivity contribution in [2.45, 2.75) is 46.1 Å². The average Bonchev–Trinajstić information content (AvgIpc) is 3.08. The Kier molecular flexibility index (Phi) is 6.11. The molecule has 4 nitrogen and oxygen atoms in total. The lowest BCUT2D eigenvalue weighted by molar-refractivity contribution is -0.117. The molecule has 1 fully saturated rings. The van der Waals surface area contributed by atoms with Crippen molar-refractivity contribution in [1.29, 1.82) is 0 Å². The van der Waals surface area contributed by atoms with Gasteiger partial charge < -0.3 is 15.5 Å². The van der Waals surface area contributed by atoms with Crippen LogP contribution < -0.4 is 15.5 Å². The molecule has 0 unspecified atom stereocenters. The molecule has 1 saturated heterocycles. The van der Waals surface area contributed by atoms with Crippen LogP contribution in [0.3, 0.4) is 0 Å². The summed E-state index contributed by atoms with van der Waals surface area (Å²) in [4.78, 5) is 13.7. The number of rotatable bonds is 5. The van der Waals surface area contributed by atoms with Gasteiger partial charge in [0, 0.05) is 24.3 Å². The van der Waals surface area contributed by atoms with Crippen molar-refractivity contribution in [1.82, 2.24) is 5.32 Å². The molecule has 1 heterocycles. The Bertz CT molecular complexity index is 832. The van der Waals surface area contributed by atoms with Gasteiger partial charge >= 0.3 is 0 Å². The van der Waals surface area contributed by atoms with E-state index in [-0.39, 0.29) is 11.9 Å². The van der Waals surface area contributed by atoms with E-state index in [1.165, 1.54) is 16.7 Å². The molecular weight excluding hydrogens is 354 g/mol. The van der Waals surface area contributed by atoms with Gasteiger partial charge in [0.2, 0.25) is 5.91 Å². The topological polar surface area (TPSA) is 44.4 Å². The SMILES string of the molecule is CC[C@@H](NC(=S)Nc1ccc(N2CCCC2=O)cc1)c1ccc(C)c(C)c1. The van der Waals surface area contributed by atoms with E-state index < -0.39 is 0 Å². The van der Waals surface area contributed by atoms with Crippen LogP contribution in [0.25, 0.3) is 0 Å². The van der Waals surface area contributed by atoms with E-state index in [0.29, 0.717) is 11.5 Å². The lowest BCUT2D eigenvalue weighted by atomic mass is 9.99. The van der Waals surface area contributed by atoms with Gasteiger partial charge in [-0.2, -0.15) is 0 Å². The third-order valence-electron chi connectivity index (χ3n) is 5.16. The van der Waals surface area contributed by atoms with Gasteiger partial charge in [-0.1, -0.05) is 25.1 Å². The molecule has 0 saturated carbocycles. The number of aryl methyl sites for hydroxylation is 2. The quantitative estimate of drug-likeness (QED) is 0.726. The van der Waals surface area contributed by atoms with Crippen molar-refractivity contribution in [2.24, 2.45) is 0 Å². The van der Waals surface area contributed by atoms with Crippen LogP contribution in [0.15, 0.2) is 42.5 Å². The normalized spacial score (nSPS) is 14.9. The molecule has 5 heteroatoms. The van der Waals surface area contributed by atoms with Crippen LogP contribution in [-0.2, 0) is 4.79 Å². The smallest absolute Gasteiger partial charge is 0.227 e. The fourth-order valence-corrected chi connectivity index (χ4v) is 3.63. The second kappa shape index (κ2) is 8.53. The minimum Gasteiger partial charge on any atom is -0.356 e. The Morgan fingerprint density at radius 1 is 1.15 bits per heavy atom. The van der Waals surface area contributed by atoms with Gasteiger partial charge in [0.25, 0.3) is 0 Å². The van der Waals surface area contributed by atoms with Gasteiger partial charge in [-0.3, -0.25) is 4.79 Å². The average molecular weight is 382 g/mol. The van der Waals surface area contributed by atoms with E-state index in [2.05, 4.69) is 49.6 Å². The van der Waals surface area contributed by atoms with E-state index in [4.69, 9.17) is 12.2 Å². The van der Waals surface area contributed by atoms with E-state index in [1.807, 2.05) is 29.2 Å². The predicted octanol–water partition coefficient (Wildman–Crippen LogP) is 4.87. The van der Waals surface area contributed by atoms with Gasteiger partial charge in [0.05, 0.1) is 6.04 Å². The van der Waals surface area contributed by atoms with Crippen molar-refractivity contribution < 1.29 is 4.79 Å². The molecular formula is C22H27N3OS. The second-order valence-corrected chi connectivity index (χ2v) is 7.51. The standard InChI is InChI=1S/C22H27N3OS/c1-4-20(17-8-7-15(2)16(3)14-17)24-22(27)23-18-9-11-19(12-10-18)25-13-5-6-21(25)26/h7-12,14,20H,4-6,13H2,1-3H3,(H2,23,24,27)/t20-/m1/s1. The predicted molar refractivity (Wildman–Crippen MR) is 116 cm³/mol. The van der Waals surface area contributed by atoms with Crippen molar-refractivity contribution in [3.8, 4) is 0 Å². The highest BCUT2D eigenvalue weighted by atomic mass is 32.1. The van der Waals surface area contributed by atoms with Gasteiger partial charge in [-0.05, 0) is 79.9 Å². The molecule has 2 aromatic carbocycles. The largest absolute Gasteiger partial charge is 0.356 e. The van der Waals surface area contributed by atoms with Gasteiger partial charge in [0.1, 0.15) is 0 Å². The van der Waals surface area contributed by atoms with Crippen LogP contribution in [-0.4, -0.2) is 17.6 Å². The number of benzene rings is 2. The second-order valence-electron chi connectivity index (χ2n) is 7.10. The number of amides is 1. The van der Waals surface area contributed by atoms with Crippen LogP contribution in [0.5, 0.6) is 0 Å². The van der Waals surface area contributed by atoms with Gasteiger partial charge in [-0.25, -0.2) is 0 Å². The number of anilines is 2. The fraction of sp³-hybridized carbons (Fsp3) is 0.364. The number of hydrogen-bond donors (Lipinski definition) is 2. The number of carbonyl (C=O) groups excluding carboxylic acids is 1. The summed E-state index contributed by atoms with van der Waals surface area (Å²) in [6, 6.07) is 14.6. The third kappa shape index (κ3) is 4.66. The summed E-state index contributed by atoms with van der Waals surface area (Å²) in [5.41, 5.74) is 5.69. The summed E-state index contributed by atoms with van der Waals surface area (Å²) >= 11 is 5.51. The highest BCUT2D eigenvalue weighted by molar-refractivity contribution is 7.80. The molecule has 0 radical (unpaired) electrons. The third-order valence-corrected chi connectivity index (χ3v) is 5.38. The molecule has 0 aromatic heterocycles. The number of nitrogens with zero attached hydrogens (tertiary/aromatic N) is 1. The first-order valence-corrected chi connectivity index (χ1v) is 9.94. The molecule has 142 valence electrons. The van der Waals surface area contributed by atoms with Crippen LogP contribution in [0, 0.1) is 13.8 Å². The minimum atomic E-state index is 0.172. The summed E-state index contributed by atoms with van der Waals surface area (Å²) in [6.45, 7) is 7.21. The molecule has 2 aromatic rings. The zero-order valence-corrected chi connectivity index (χ0v) is 17.0. The summed E-state index contributed by atoms with van der Waals surface area (Å²) < 4.78 is 0. The van der Waals surface area contributed by atoms with Crippen molar-refractivity contribution in [3.63, 3.8) is 0 Å². The Morgan fingerprint density at radius 2 is 1.89 bits per heavy atom. The molecule has 3 rings (SSSR count). The van der Waals surface area contributed by atoms with Crippen LogP contribution >= 0.6 is 12.2 Å². The summed E-state index contributed by atoms with van der Waals surface area (Å²) in [5, 5.41) is 7.26. The van der Waals surface area contributed by atoms with Crippen LogP contribution in [0.4, 0.5) is 11.4 Å². The van der Waals surface area contributed by atoms with E-state index >= 15 is 0 Å². The molecule has 27 heavy (non-hydrogen) atoms. The number of hydrogen-bond acceptors (Lipinski definition) is 2. The van der Waals surface area contributed by atoms with Crippen molar-refractivity contribution in [2.75, 3.05) is 16.8 Å². The zero-order chi connectivity index (χ0) is 19.4. The Hall–Kier alpha value is -2.40. The maximum absolute atomic E-state index is 11.9. The first-order valence-electron chi connectivity index (χ1n) is 9.53. The fourth-order valence-electron chi connectivity index (χ4n) is 3.37. The molecule has 1 aliphatic rings. The lowest BCUT2D eigenvalue weighted by Crippen LogP contribution is -2.32. The molecule has 2 N–H and O–H groups in total.